The van der Waals surface area contributed by atoms with Crippen molar-refractivity contribution in [2.45, 2.75) is 6.54 Å². The first-order chi connectivity index (χ1) is 7.97. The summed E-state index contributed by atoms with van der Waals surface area (Å²) in [5.74, 6) is 0. The third kappa shape index (κ3) is 2.82. The summed E-state index contributed by atoms with van der Waals surface area (Å²) in [4.78, 5) is 0. The highest BCUT2D eigenvalue weighted by atomic mass is 32.2. The Hall–Kier alpha value is -1.43. The summed E-state index contributed by atoms with van der Waals surface area (Å²) in [5, 5.41) is 7.26. The summed E-state index contributed by atoms with van der Waals surface area (Å²) in [7, 11) is -2.16. The van der Waals surface area contributed by atoms with Crippen molar-refractivity contribution in [2.75, 3.05) is 7.05 Å². The van der Waals surface area contributed by atoms with E-state index >= 15 is 0 Å². The van der Waals surface area contributed by atoms with Gasteiger partial charge in [-0.05, 0) is 22.4 Å². The molecule has 2 N–H and O–H groups in total. The maximum atomic E-state index is 11.1. The molecule has 0 amide bonds. The van der Waals surface area contributed by atoms with E-state index in [0.717, 1.165) is 20.6 Å². The molecule has 2 aromatic rings. The summed E-state index contributed by atoms with van der Waals surface area (Å²) in [6.07, 6.45) is 0. The molecule has 0 aliphatic rings. The van der Waals surface area contributed by atoms with Gasteiger partial charge in [0.15, 0.2) is 0 Å². The van der Waals surface area contributed by atoms with Gasteiger partial charge in [-0.3, -0.25) is 0 Å². The van der Waals surface area contributed by atoms with Crippen LogP contribution < -0.4 is 5.14 Å². The maximum absolute atomic E-state index is 11.1. The Bertz CT molecular complexity index is 638. The zero-order valence-electron chi connectivity index (χ0n) is 9.50. The van der Waals surface area contributed by atoms with Gasteiger partial charge in [-0.25, -0.2) is 5.14 Å². The Morgan fingerprint density at radius 3 is 2.41 bits per heavy atom. The van der Waals surface area contributed by atoms with Crippen molar-refractivity contribution in [2.24, 2.45) is 5.14 Å². The van der Waals surface area contributed by atoms with Gasteiger partial charge >= 0.3 is 0 Å². The molecule has 0 aliphatic carbocycles. The predicted octanol–water partition coefficient (Wildman–Crippen LogP) is 1.48. The summed E-state index contributed by atoms with van der Waals surface area (Å²) in [6.45, 7) is 0.281. The number of nitrogens with zero attached hydrogens (tertiary/aromatic N) is 1. The molecule has 2 rings (SSSR count). The van der Waals surface area contributed by atoms with Crippen molar-refractivity contribution in [3.63, 3.8) is 0 Å². The minimum atomic E-state index is -3.62. The fourth-order valence-corrected chi connectivity index (χ4v) is 2.01. The Kier molecular flexibility index (Phi) is 3.15. The molecule has 0 unspecified atom stereocenters. The lowest BCUT2D eigenvalue weighted by molar-refractivity contribution is 0.468. The molecule has 2 aromatic carbocycles. The zero-order chi connectivity index (χ0) is 12.5. The molecule has 90 valence electrons. The standard InChI is InChI=1S/C12H14N2O2S/c1-14(17(13,15)16)9-10-6-7-11-4-2-3-5-12(11)8-10/h2-8H,9H2,1H3,(H2,13,15,16). The second-order valence-electron chi connectivity index (χ2n) is 3.98. The van der Waals surface area contributed by atoms with Crippen LogP contribution in [0.15, 0.2) is 42.5 Å². The molecule has 0 radical (unpaired) electrons. The molecule has 0 aromatic heterocycles. The molecule has 4 nitrogen and oxygen atoms in total. The van der Waals surface area contributed by atoms with Crippen molar-refractivity contribution in [3.8, 4) is 0 Å². The van der Waals surface area contributed by atoms with Crippen LogP contribution >= 0.6 is 0 Å². The van der Waals surface area contributed by atoms with Gasteiger partial charge in [0.2, 0.25) is 0 Å². The molecule has 0 saturated carbocycles. The van der Waals surface area contributed by atoms with E-state index in [-0.39, 0.29) is 6.54 Å². The molecule has 0 bridgehead atoms. The molecule has 0 fully saturated rings. The summed E-state index contributed by atoms with van der Waals surface area (Å²) >= 11 is 0. The number of benzene rings is 2. The quantitative estimate of drug-likeness (QED) is 0.896. The third-order valence-electron chi connectivity index (χ3n) is 2.65. The van der Waals surface area contributed by atoms with Gasteiger partial charge in [-0.1, -0.05) is 36.4 Å². The summed E-state index contributed by atoms with van der Waals surface area (Å²) < 4.78 is 23.3. The van der Waals surface area contributed by atoms with Gasteiger partial charge in [-0.2, -0.15) is 12.7 Å². The first kappa shape index (κ1) is 12.0. The lowest BCUT2D eigenvalue weighted by atomic mass is 10.1. The SMILES string of the molecule is CN(Cc1ccc2ccccc2c1)S(N)(=O)=O. The first-order valence-electron chi connectivity index (χ1n) is 5.18. The topological polar surface area (TPSA) is 63.4 Å². The molecular weight excluding hydrogens is 236 g/mol. The molecule has 0 heterocycles. The smallest absolute Gasteiger partial charge is 0.216 e. The Labute approximate surface area is 101 Å². The van der Waals surface area contributed by atoms with E-state index in [9.17, 15) is 8.42 Å². The highest BCUT2D eigenvalue weighted by Crippen LogP contribution is 2.16. The average molecular weight is 250 g/mol. The second kappa shape index (κ2) is 4.44. The molecule has 5 heteroatoms. The van der Waals surface area contributed by atoms with Gasteiger partial charge in [0.1, 0.15) is 0 Å². The van der Waals surface area contributed by atoms with E-state index in [2.05, 4.69) is 0 Å². The van der Waals surface area contributed by atoms with Crippen LogP contribution in [0, 0.1) is 0 Å². The van der Waals surface area contributed by atoms with Crippen LogP contribution in [-0.2, 0) is 16.8 Å². The van der Waals surface area contributed by atoms with E-state index < -0.39 is 10.2 Å². The minimum absolute atomic E-state index is 0.281. The van der Waals surface area contributed by atoms with Crippen LogP contribution in [0.25, 0.3) is 10.8 Å². The van der Waals surface area contributed by atoms with E-state index in [1.807, 2.05) is 42.5 Å². The first-order valence-corrected chi connectivity index (χ1v) is 6.69. The molecule has 0 spiro atoms. The number of fused-ring (bicyclic) bond motifs is 1. The van der Waals surface area contributed by atoms with Gasteiger partial charge < -0.3 is 0 Å². The Balaban J connectivity index is 2.31. The Morgan fingerprint density at radius 2 is 1.76 bits per heavy atom. The number of hydrogen-bond acceptors (Lipinski definition) is 2. The average Bonchev–Trinajstić information content (AvgIpc) is 2.27. The maximum Gasteiger partial charge on any atom is 0.276 e. The van der Waals surface area contributed by atoms with Crippen molar-refractivity contribution < 1.29 is 8.42 Å². The predicted molar refractivity (Wildman–Crippen MR) is 68.5 cm³/mol. The van der Waals surface area contributed by atoms with Gasteiger partial charge in [-0.15, -0.1) is 0 Å². The lowest BCUT2D eigenvalue weighted by Gasteiger charge is -2.13. The van der Waals surface area contributed by atoms with E-state index in [4.69, 9.17) is 5.14 Å². The largest absolute Gasteiger partial charge is 0.276 e. The van der Waals surface area contributed by atoms with Gasteiger partial charge in [0, 0.05) is 13.6 Å². The fraction of sp³-hybridized carbons (Fsp3) is 0.167. The van der Waals surface area contributed by atoms with Crippen LogP contribution in [0.2, 0.25) is 0 Å². The Morgan fingerprint density at radius 1 is 1.12 bits per heavy atom. The zero-order valence-corrected chi connectivity index (χ0v) is 10.3. The van der Waals surface area contributed by atoms with E-state index in [0.29, 0.717) is 0 Å². The summed E-state index contributed by atoms with van der Waals surface area (Å²) in [5.41, 5.74) is 0.917. The lowest BCUT2D eigenvalue weighted by Crippen LogP contribution is -2.32. The fourth-order valence-electron chi connectivity index (χ4n) is 1.68. The van der Waals surface area contributed by atoms with Crippen LogP contribution in [0.1, 0.15) is 5.56 Å². The van der Waals surface area contributed by atoms with Crippen molar-refractivity contribution in [1.29, 1.82) is 0 Å². The third-order valence-corrected chi connectivity index (χ3v) is 3.65. The van der Waals surface area contributed by atoms with E-state index in [1.54, 1.807) is 0 Å². The number of nitrogens with two attached hydrogens (primary N) is 1. The molecule has 0 saturated heterocycles. The van der Waals surface area contributed by atoms with Crippen molar-refractivity contribution in [3.05, 3.63) is 48.0 Å². The highest BCUT2D eigenvalue weighted by molar-refractivity contribution is 7.86. The van der Waals surface area contributed by atoms with Crippen LogP contribution in [0.4, 0.5) is 0 Å². The number of rotatable bonds is 3. The molecule has 0 aliphatic heterocycles. The van der Waals surface area contributed by atoms with E-state index in [1.165, 1.54) is 7.05 Å². The van der Waals surface area contributed by atoms with Crippen LogP contribution in [0.5, 0.6) is 0 Å². The van der Waals surface area contributed by atoms with Gasteiger partial charge in [0.25, 0.3) is 10.2 Å². The highest BCUT2D eigenvalue weighted by Gasteiger charge is 2.11. The molecule has 17 heavy (non-hydrogen) atoms. The number of hydrogen-bond donors (Lipinski definition) is 1. The van der Waals surface area contributed by atoms with Gasteiger partial charge in [0.05, 0.1) is 0 Å². The van der Waals surface area contributed by atoms with Crippen molar-refractivity contribution >= 4 is 21.0 Å². The summed E-state index contributed by atoms with van der Waals surface area (Å²) in [6, 6.07) is 13.8. The molecule has 0 atom stereocenters. The minimum Gasteiger partial charge on any atom is -0.216 e. The van der Waals surface area contributed by atoms with Crippen molar-refractivity contribution in [1.82, 2.24) is 4.31 Å². The van der Waals surface area contributed by atoms with Crippen LogP contribution in [0.3, 0.4) is 0 Å². The second-order valence-corrected chi connectivity index (χ2v) is 5.64. The van der Waals surface area contributed by atoms with Crippen LogP contribution in [-0.4, -0.2) is 19.8 Å². The molecular formula is C12H14N2O2S. The monoisotopic (exact) mass is 250 g/mol. The normalized spacial score (nSPS) is 12.2.